The molecular weight excluding hydrogens is 389 g/mol. The molecule has 29 heavy (non-hydrogen) atoms. The van der Waals surface area contributed by atoms with E-state index < -0.39 is 12.1 Å². The lowest BCUT2D eigenvalue weighted by Gasteiger charge is -2.17. The first-order valence-electron chi connectivity index (χ1n) is 8.77. The highest BCUT2D eigenvalue weighted by Crippen LogP contribution is 2.30. The number of carbonyl (C=O) groups is 1. The Hall–Kier alpha value is -3.43. The van der Waals surface area contributed by atoms with Gasteiger partial charge < -0.3 is 14.2 Å². The third-order valence-electron chi connectivity index (χ3n) is 4.42. The molecular formula is C19H15F3N4O3. The monoisotopic (exact) mass is 404 g/mol. The number of hydrogen-bond donors (Lipinski definition) is 0. The zero-order valence-corrected chi connectivity index (χ0v) is 15.0. The van der Waals surface area contributed by atoms with E-state index in [4.69, 9.17) is 4.74 Å². The van der Waals surface area contributed by atoms with Crippen molar-refractivity contribution in [3.8, 4) is 17.1 Å². The fraction of sp³-hybridized carbons (Fsp3) is 0.263. The van der Waals surface area contributed by atoms with Crippen molar-refractivity contribution >= 4 is 5.91 Å². The molecule has 150 valence electrons. The molecule has 1 atom stereocenters. The fourth-order valence-corrected chi connectivity index (χ4v) is 3.01. The van der Waals surface area contributed by atoms with Gasteiger partial charge in [0, 0.05) is 30.9 Å². The van der Waals surface area contributed by atoms with Crippen LogP contribution in [-0.4, -0.2) is 45.1 Å². The van der Waals surface area contributed by atoms with Crippen LogP contribution in [0.15, 0.2) is 53.3 Å². The molecule has 0 bridgehead atoms. The minimum atomic E-state index is -4.68. The highest BCUT2D eigenvalue weighted by Gasteiger charge is 2.38. The predicted octanol–water partition coefficient (Wildman–Crippen LogP) is 3.44. The van der Waals surface area contributed by atoms with E-state index in [-0.39, 0.29) is 17.8 Å². The Morgan fingerprint density at radius 1 is 1.21 bits per heavy atom. The number of benzene rings is 1. The summed E-state index contributed by atoms with van der Waals surface area (Å²) in [5, 5.41) is 3.35. The Kier molecular flexibility index (Phi) is 4.91. The molecule has 2 aromatic heterocycles. The highest BCUT2D eigenvalue weighted by molar-refractivity contribution is 5.94. The second-order valence-corrected chi connectivity index (χ2v) is 6.47. The van der Waals surface area contributed by atoms with Crippen molar-refractivity contribution in [3.63, 3.8) is 0 Å². The molecule has 1 aliphatic rings. The number of alkyl halides is 3. The molecule has 1 fully saturated rings. The van der Waals surface area contributed by atoms with E-state index in [1.807, 2.05) is 0 Å². The van der Waals surface area contributed by atoms with Gasteiger partial charge in [-0.05, 0) is 36.4 Å². The van der Waals surface area contributed by atoms with Gasteiger partial charge in [0.2, 0.25) is 5.82 Å². The van der Waals surface area contributed by atoms with Gasteiger partial charge >= 0.3 is 12.1 Å². The molecule has 1 amide bonds. The van der Waals surface area contributed by atoms with E-state index in [0.717, 1.165) is 0 Å². The number of pyridine rings is 1. The first-order valence-corrected chi connectivity index (χ1v) is 8.77. The summed E-state index contributed by atoms with van der Waals surface area (Å²) in [5.74, 6) is -1.11. The van der Waals surface area contributed by atoms with Crippen LogP contribution in [0.25, 0.3) is 11.4 Å². The average Bonchev–Trinajstić information content (AvgIpc) is 3.38. The molecule has 10 heteroatoms. The molecule has 7 nitrogen and oxygen atoms in total. The number of hydrogen-bond acceptors (Lipinski definition) is 6. The average molecular weight is 404 g/mol. The van der Waals surface area contributed by atoms with Gasteiger partial charge in [-0.25, -0.2) is 0 Å². The molecule has 0 unspecified atom stereocenters. The van der Waals surface area contributed by atoms with Crippen LogP contribution >= 0.6 is 0 Å². The lowest BCUT2D eigenvalue weighted by Crippen LogP contribution is -2.30. The van der Waals surface area contributed by atoms with Crippen molar-refractivity contribution in [1.82, 2.24) is 20.0 Å². The maximum absolute atomic E-state index is 12.6. The third-order valence-corrected chi connectivity index (χ3v) is 4.42. The van der Waals surface area contributed by atoms with Crippen molar-refractivity contribution in [2.45, 2.75) is 18.7 Å². The Bertz CT molecular complexity index is 990. The lowest BCUT2D eigenvalue weighted by molar-refractivity contribution is -0.159. The van der Waals surface area contributed by atoms with Gasteiger partial charge in [-0.1, -0.05) is 5.16 Å². The molecule has 0 spiro atoms. The van der Waals surface area contributed by atoms with Gasteiger partial charge in [0.15, 0.2) is 0 Å². The second-order valence-electron chi connectivity index (χ2n) is 6.47. The minimum absolute atomic E-state index is 0.0999. The summed E-state index contributed by atoms with van der Waals surface area (Å²) in [6.07, 6.45) is -1.06. The largest absolute Gasteiger partial charge is 0.489 e. The third kappa shape index (κ3) is 4.20. The van der Waals surface area contributed by atoms with Crippen molar-refractivity contribution in [3.05, 3.63) is 60.2 Å². The van der Waals surface area contributed by atoms with Gasteiger partial charge in [-0.15, -0.1) is 0 Å². The summed E-state index contributed by atoms with van der Waals surface area (Å²) in [5.41, 5.74) is 0.896. The van der Waals surface area contributed by atoms with Crippen LogP contribution in [0.1, 0.15) is 22.7 Å². The number of rotatable bonds is 4. The maximum Gasteiger partial charge on any atom is 0.471 e. The van der Waals surface area contributed by atoms with Crippen LogP contribution in [-0.2, 0) is 6.18 Å². The molecule has 1 saturated heterocycles. The first-order chi connectivity index (χ1) is 13.9. The van der Waals surface area contributed by atoms with Crippen LogP contribution in [0.5, 0.6) is 5.75 Å². The summed E-state index contributed by atoms with van der Waals surface area (Å²) in [4.78, 5) is 21.5. The topological polar surface area (TPSA) is 81.4 Å². The minimum Gasteiger partial charge on any atom is -0.489 e. The molecule has 0 aliphatic carbocycles. The van der Waals surface area contributed by atoms with Crippen LogP contribution < -0.4 is 4.74 Å². The standard InChI is InChI=1S/C19H15F3N4O3/c20-19(21,22)18-24-16(25-29-18)12-3-5-14(6-4-12)28-15-7-9-26(11-15)17(27)13-2-1-8-23-10-13/h1-6,8,10,15H,7,9,11H2/t15-/m1/s1. The molecule has 1 aromatic carbocycles. The number of nitrogens with zero attached hydrogens (tertiary/aromatic N) is 4. The molecule has 1 aliphatic heterocycles. The van der Waals surface area contributed by atoms with E-state index in [0.29, 0.717) is 36.4 Å². The molecule has 0 saturated carbocycles. The molecule has 0 N–H and O–H groups in total. The van der Waals surface area contributed by atoms with Gasteiger partial charge in [-0.3, -0.25) is 9.78 Å². The van der Waals surface area contributed by atoms with Gasteiger partial charge in [0.25, 0.3) is 5.91 Å². The summed E-state index contributed by atoms with van der Waals surface area (Å²) < 4.78 is 47.8. The van der Waals surface area contributed by atoms with Gasteiger partial charge in [-0.2, -0.15) is 18.2 Å². The van der Waals surface area contributed by atoms with Crippen LogP contribution in [0.4, 0.5) is 13.2 Å². The van der Waals surface area contributed by atoms with Crippen molar-refractivity contribution in [2.24, 2.45) is 0 Å². The quantitative estimate of drug-likeness (QED) is 0.663. The van der Waals surface area contributed by atoms with E-state index >= 15 is 0 Å². The van der Waals surface area contributed by atoms with Crippen LogP contribution in [0.3, 0.4) is 0 Å². The smallest absolute Gasteiger partial charge is 0.471 e. The highest BCUT2D eigenvalue weighted by atomic mass is 19.4. The number of likely N-dealkylation sites (tertiary alicyclic amines) is 1. The van der Waals surface area contributed by atoms with Crippen molar-refractivity contribution in [1.29, 1.82) is 0 Å². The summed E-state index contributed by atoms with van der Waals surface area (Å²) >= 11 is 0. The van der Waals surface area contributed by atoms with E-state index in [2.05, 4.69) is 19.6 Å². The van der Waals surface area contributed by atoms with Gasteiger partial charge in [0.05, 0.1) is 12.1 Å². The SMILES string of the molecule is O=C(c1cccnc1)N1CC[C@@H](Oc2ccc(-c3noc(C(F)(F)F)n3)cc2)C1. The maximum atomic E-state index is 12.6. The zero-order chi connectivity index (χ0) is 20.4. The normalized spacial score (nSPS) is 16.8. The predicted molar refractivity (Wildman–Crippen MR) is 93.9 cm³/mol. The molecule has 0 radical (unpaired) electrons. The molecule has 3 aromatic rings. The number of aromatic nitrogens is 3. The Morgan fingerprint density at radius 3 is 2.66 bits per heavy atom. The summed E-state index contributed by atoms with van der Waals surface area (Å²) in [7, 11) is 0. The summed E-state index contributed by atoms with van der Waals surface area (Å²) in [6, 6.07) is 9.75. The second kappa shape index (κ2) is 7.53. The molecule has 3 heterocycles. The van der Waals surface area contributed by atoms with Crippen LogP contribution in [0.2, 0.25) is 0 Å². The number of carbonyl (C=O) groups excluding carboxylic acids is 1. The Labute approximate surface area is 163 Å². The Balaban J connectivity index is 1.37. The van der Waals surface area contributed by atoms with E-state index in [1.165, 1.54) is 6.20 Å². The van der Waals surface area contributed by atoms with Crippen molar-refractivity contribution in [2.75, 3.05) is 13.1 Å². The summed E-state index contributed by atoms with van der Waals surface area (Å²) in [6.45, 7) is 1.01. The lowest BCUT2D eigenvalue weighted by atomic mass is 10.2. The Morgan fingerprint density at radius 2 is 2.00 bits per heavy atom. The van der Waals surface area contributed by atoms with E-state index in [1.54, 1.807) is 47.5 Å². The molecule has 4 rings (SSSR count). The van der Waals surface area contributed by atoms with E-state index in [9.17, 15) is 18.0 Å². The first kappa shape index (κ1) is 18.9. The number of ether oxygens (including phenoxy) is 1. The number of amides is 1. The fourth-order valence-electron chi connectivity index (χ4n) is 3.01. The van der Waals surface area contributed by atoms with Crippen LogP contribution in [0, 0.1) is 0 Å². The van der Waals surface area contributed by atoms with Gasteiger partial charge in [0.1, 0.15) is 11.9 Å². The zero-order valence-electron chi connectivity index (χ0n) is 15.0. The number of halogens is 3. The van der Waals surface area contributed by atoms with Crippen molar-refractivity contribution < 1.29 is 27.2 Å².